The zero-order valence-corrected chi connectivity index (χ0v) is 12.8. The van der Waals surface area contributed by atoms with Crippen LogP contribution in [0.5, 0.6) is 0 Å². The Balaban J connectivity index is 2.54. The van der Waals surface area contributed by atoms with Crippen LogP contribution in [0.4, 0.5) is 0 Å². The maximum Gasteiger partial charge on any atom is 0.337 e. The lowest BCUT2D eigenvalue weighted by Gasteiger charge is -2.26. The van der Waals surface area contributed by atoms with Gasteiger partial charge in [-0.15, -0.1) is 0 Å². The predicted octanol–water partition coefficient (Wildman–Crippen LogP) is 0.812. The Morgan fingerprint density at radius 3 is 2.57 bits per heavy atom. The summed E-state index contributed by atoms with van der Waals surface area (Å²) in [5.74, 6) is -1.84. The molecule has 0 aromatic heterocycles. The number of nitrogens with one attached hydrogen (secondary N) is 1. The lowest BCUT2D eigenvalue weighted by molar-refractivity contribution is -0.122. The Kier molecular flexibility index (Phi) is 4.43. The van der Waals surface area contributed by atoms with Gasteiger partial charge in [-0.2, -0.15) is 4.31 Å². The van der Waals surface area contributed by atoms with Gasteiger partial charge in [0.05, 0.1) is 17.1 Å². The molecule has 0 radical (unpaired) electrons. The zero-order valence-electron chi connectivity index (χ0n) is 10.5. The molecule has 1 aliphatic heterocycles. The van der Waals surface area contributed by atoms with Crippen molar-refractivity contribution in [3.05, 3.63) is 27.7 Å². The summed E-state index contributed by atoms with van der Waals surface area (Å²) in [7, 11) is -4.11. The van der Waals surface area contributed by atoms with E-state index in [1.165, 1.54) is 0 Å². The fourth-order valence-corrected chi connectivity index (χ4v) is 4.14. The molecule has 1 aliphatic rings. The Morgan fingerprint density at radius 2 is 2.00 bits per heavy atom. The first-order chi connectivity index (χ1) is 9.73. The van der Waals surface area contributed by atoms with Gasteiger partial charge in [-0.3, -0.25) is 4.79 Å². The molecule has 0 saturated carbocycles. The Hall–Kier alpha value is -1.35. The average Bonchev–Trinajstić information content (AvgIpc) is 2.40. The fraction of sp³-hybridized carbons (Fsp3) is 0.273. The van der Waals surface area contributed by atoms with Crippen LogP contribution in [0.15, 0.2) is 17.0 Å². The number of carbonyl (C=O) groups excluding carboxylic acids is 1. The molecule has 1 aromatic carbocycles. The number of rotatable bonds is 3. The van der Waals surface area contributed by atoms with Gasteiger partial charge >= 0.3 is 5.97 Å². The van der Waals surface area contributed by atoms with E-state index in [0.29, 0.717) is 0 Å². The van der Waals surface area contributed by atoms with Crippen LogP contribution in [0.25, 0.3) is 0 Å². The predicted molar refractivity (Wildman–Crippen MR) is 75.2 cm³/mol. The van der Waals surface area contributed by atoms with Crippen LogP contribution in [0, 0.1) is 0 Å². The summed E-state index contributed by atoms with van der Waals surface area (Å²) in [4.78, 5) is 21.9. The van der Waals surface area contributed by atoms with Crippen molar-refractivity contribution in [3.63, 3.8) is 0 Å². The van der Waals surface area contributed by atoms with E-state index in [2.05, 4.69) is 5.32 Å². The van der Waals surface area contributed by atoms with E-state index in [9.17, 15) is 18.0 Å². The van der Waals surface area contributed by atoms with E-state index in [1.54, 1.807) is 0 Å². The highest BCUT2D eigenvalue weighted by Crippen LogP contribution is 2.31. The number of sulfonamides is 1. The first-order valence-corrected chi connectivity index (χ1v) is 7.92. The number of hydrogen-bond donors (Lipinski definition) is 2. The number of carboxylic acid groups (broad SMARTS) is 1. The molecule has 7 nitrogen and oxygen atoms in total. The zero-order chi connectivity index (χ0) is 15.8. The monoisotopic (exact) mass is 352 g/mol. The van der Waals surface area contributed by atoms with Gasteiger partial charge in [0.25, 0.3) is 0 Å². The van der Waals surface area contributed by atoms with Crippen LogP contribution in [0.3, 0.4) is 0 Å². The van der Waals surface area contributed by atoms with Crippen LogP contribution < -0.4 is 5.32 Å². The van der Waals surface area contributed by atoms with Crippen LogP contribution in [0.1, 0.15) is 10.4 Å². The summed E-state index contributed by atoms with van der Waals surface area (Å²) in [5.41, 5.74) is -0.413. The summed E-state index contributed by atoms with van der Waals surface area (Å²) in [5, 5.41) is 11.0. The van der Waals surface area contributed by atoms with Crippen molar-refractivity contribution < 1.29 is 23.1 Å². The van der Waals surface area contributed by atoms with Crippen molar-refractivity contribution in [1.82, 2.24) is 9.62 Å². The summed E-state index contributed by atoms with van der Waals surface area (Å²) in [6.07, 6.45) is 0. The molecule has 2 N–H and O–H groups in total. The Morgan fingerprint density at radius 1 is 1.33 bits per heavy atom. The molecule has 21 heavy (non-hydrogen) atoms. The average molecular weight is 353 g/mol. The number of halogens is 2. The van der Waals surface area contributed by atoms with Crippen molar-refractivity contribution in [1.29, 1.82) is 0 Å². The highest BCUT2D eigenvalue weighted by molar-refractivity contribution is 7.89. The number of amides is 1. The molecule has 0 atom stereocenters. The molecule has 1 aromatic rings. The lowest BCUT2D eigenvalue weighted by atomic mass is 10.2. The van der Waals surface area contributed by atoms with E-state index in [0.717, 1.165) is 16.4 Å². The van der Waals surface area contributed by atoms with Crippen LogP contribution >= 0.6 is 23.2 Å². The minimum Gasteiger partial charge on any atom is -0.478 e. The van der Waals surface area contributed by atoms with Crippen LogP contribution in [0.2, 0.25) is 10.0 Å². The van der Waals surface area contributed by atoms with Crippen molar-refractivity contribution in [2.75, 3.05) is 19.6 Å². The first kappa shape index (κ1) is 16.0. The number of carboxylic acids is 1. The van der Waals surface area contributed by atoms with E-state index in [4.69, 9.17) is 28.3 Å². The molecule has 0 unspecified atom stereocenters. The second-order valence-electron chi connectivity index (χ2n) is 4.26. The maximum absolute atomic E-state index is 12.5. The molecule has 0 bridgehead atoms. The molecule has 1 fully saturated rings. The van der Waals surface area contributed by atoms with Crippen molar-refractivity contribution >= 4 is 45.1 Å². The second-order valence-corrected chi connectivity index (χ2v) is 6.98. The number of carbonyl (C=O) groups is 2. The third-order valence-electron chi connectivity index (χ3n) is 2.86. The molecule has 1 saturated heterocycles. The summed E-state index contributed by atoms with van der Waals surface area (Å²) in [6, 6.07) is 2.13. The molecular weight excluding hydrogens is 343 g/mol. The minimum absolute atomic E-state index is 0.0688. The number of benzene rings is 1. The Labute approximate surface area is 130 Å². The van der Waals surface area contributed by atoms with Gasteiger partial charge in [-0.1, -0.05) is 23.2 Å². The standard InChI is InChI=1S/C11H10Cl2N2O5S/c12-6-3-7(11(17)18)10(13)8(4-6)21(19,20)15-2-1-14-9(16)5-15/h3-4H,1-2,5H2,(H,14,16)(H,17,18). The number of nitrogens with zero attached hydrogens (tertiary/aromatic N) is 1. The van der Waals surface area contributed by atoms with E-state index in [-0.39, 0.29) is 24.7 Å². The fourth-order valence-electron chi connectivity index (χ4n) is 1.87. The van der Waals surface area contributed by atoms with E-state index in [1.807, 2.05) is 0 Å². The quantitative estimate of drug-likeness (QED) is 0.837. The van der Waals surface area contributed by atoms with Crippen molar-refractivity contribution in [2.24, 2.45) is 0 Å². The van der Waals surface area contributed by atoms with Gasteiger partial charge in [0.1, 0.15) is 4.90 Å². The Bertz CT molecular complexity index is 720. The number of aromatic carboxylic acids is 1. The largest absolute Gasteiger partial charge is 0.478 e. The summed E-state index contributed by atoms with van der Waals surface area (Å²) in [6.45, 7) is -0.116. The minimum atomic E-state index is -4.11. The first-order valence-electron chi connectivity index (χ1n) is 5.72. The van der Waals surface area contributed by atoms with Gasteiger partial charge in [0.15, 0.2) is 0 Å². The van der Waals surface area contributed by atoms with Crippen LogP contribution in [-0.4, -0.2) is 49.3 Å². The highest BCUT2D eigenvalue weighted by atomic mass is 35.5. The third-order valence-corrected chi connectivity index (χ3v) is 5.46. The molecule has 0 aliphatic carbocycles. The molecule has 1 amide bonds. The molecule has 0 spiro atoms. The maximum atomic E-state index is 12.5. The van der Waals surface area contributed by atoms with E-state index < -0.39 is 37.4 Å². The second kappa shape index (κ2) is 5.80. The summed E-state index contributed by atoms with van der Waals surface area (Å²) >= 11 is 11.6. The molecule has 2 rings (SSSR count). The molecule has 10 heteroatoms. The van der Waals surface area contributed by atoms with Gasteiger partial charge in [-0.05, 0) is 12.1 Å². The van der Waals surface area contributed by atoms with Gasteiger partial charge in [-0.25, -0.2) is 13.2 Å². The van der Waals surface area contributed by atoms with Crippen molar-refractivity contribution in [3.8, 4) is 0 Å². The smallest absolute Gasteiger partial charge is 0.337 e. The number of hydrogen-bond acceptors (Lipinski definition) is 4. The van der Waals surface area contributed by atoms with Gasteiger partial charge < -0.3 is 10.4 Å². The summed E-state index contributed by atoms with van der Waals surface area (Å²) < 4.78 is 25.9. The van der Waals surface area contributed by atoms with Gasteiger partial charge in [0, 0.05) is 18.1 Å². The van der Waals surface area contributed by atoms with Gasteiger partial charge in [0.2, 0.25) is 15.9 Å². The third kappa shape index (κ3) is 3.13. The highest BCUT2D eigenvalue weighted by Gasteiger charge is 2.32. The normalized spacial score (nSPS) is 16.6. The molecule has 1 heterocycles. The lowest BCUT2D eigenvalue weighted by Crippen LogP contribution is -2.49. The SMILES string of the molecule is O=C1CN(S(=O)(=O)c2cc(Cl)cc(C(=O)O)c2Cl)CCN1. The molecular formula is C11H10Cl2N2O5S. The van der Waals surface area contributed by atoms with Crippen LogP contribution in [-0.2, 0) is 14.8 Å². The van der Waals surface area contributed by atoms with E-state index >= 15 is 0 Å². The molecule has 114 valence electrons. The number of piperazine rings is 1. The topological polar surface area (TPSA) is 104 Å². The van der Waals surface area contributed by atoms with Crippen molar-refractivity contribution in [2.45, 2.75) is 4.90 Å².